The number of sulfonamides is 1. The van der Waals surface area contributed by atoms with Crippen molar-refractivity contribution in [2.24, 2.45) is 11.8 Å². The number of hydrogen-bond donors (Lipinski definition) is 1. The highest BCUT2D eigenvalue weighted by molar-refractivity contribution is 7.89. The molecule has 1 amide bonds. The van der Waals surface area contributed by atoms with Gasteiger partial charge >= 0.3 is 12.1 Å². The van der Waals surface area contributed by atoms with Crippen molar-refractivity contribution in [1.82, 2.24) is 14.5 Å². The van der Waals surface area contributed by atoms with Gasteiger partial charge in [-0.3, -0.25) is 4.79 Å². The third kappa shape index (κ3) is 8.22. The number of ether oxygens (including phenoxy) is 3. The number of carbonyl (C=O) groups excluding carboxylic acids is 2. The summed E-state index contributed by atoms with van der Waals surface area (Å²) in [5.41, 5.74) is 2.56. The van der Waals surface area contributed by atoms with Gasteiger partial charge in [0.15, 0.2) is 0 Å². The van der Waals surface area contributed by atoms with Crippen molar-refractivity contribution >= 4 is 22.1 Å². The summed E-state index contributed by atoms with van der Waals surface area (Å²) in [6.45, 7) is 4.63. The average molecular weight is 636 g/mol. The van der Waals surface area contributed by atoms with Crippen LogP contribution in [0.1, 0.15) is 42.5 Å². The summed E-state index contributed by atoms with van der Waals surface area (Å²) in [4.78, 5) is 26.9. The highest BCUT2D eigenvalue weighted by Crippen LogP contribution is 2.29. The standard InChI is InChI=1S/C34H41N3O7S/c1-24-16-17-36(2)22-31(24)44-34(39)35-33(27-8-5-4-6-9-27)28-10-7-11-29(19-28)43-23-25-12-14-30(15-13-25)45(40,41)37-20-26(21-37)18-32(38)42-3/h4-15,19,24,26,31,33H,16-18,20-23H2,1-3H3,(H,35,39)/t24?,31-,33-/m0/s1. The van der Waals surface area contributed by atoms with Gasteiger partial charge in [0.1, 0.15) is 18.5 Å². The number of alkyl carbamates (subject to hydrolysis) is 1. The lowest BCUT2D eigenvalue weighted by atomic mass is 9.96. The lowest BCUT2D eigenvalue weighted by Crippen LogP contribution is -2.50. The van der Waals surface area contributed by atoms with Crippen molar-refractivity contribution in [1.29, 1.82) is 0 Å². The molecule has 1 N–H and O–H groups in total. The molecule has 0 aliphatic carbocycles. The predicted molar refractivity (Wildman–Crippen MR) is 169 cm³/mol. The van der Waals surface area contributed by atoms with Crippen LogP contribution in [0, 0.1) is 11.8 Å². The lowest BCUT2D eigenvalue weighted by Gasteiger charge is -2.37. The molecule has 240 valence electrons. The Morgan fingerprint density at radius 3 is 2.38 bits per heavy atom. The number of piperidine rings is 1. The summed E-state index contributed by atoms with van der Waals surface area (Å²) in [6, 6.07) is 23.4. The number of hydrogen-bond acceptors (Lipinski definition) is 8. The summed E-state index contributed by atoms with van der Waals surface area (Å²) in [7, 11) is -0.275. The first-order valence-corrected chi connectivity index (χ1v) is 16.7. The number of carbonyl (C=O) groups is 2. The number of amides is 1. The normalized spacial score (nSPS) is 20.1. The van der Waals surface area contributed by atoms with E-state index in [1.807, 2.05) is 61.6 Å². The Kier molecular flexibility index (Phi) is 10.4. The smallest absolute Gasteiger partial charge is 0.408 e. The summed E-state index contributed by atoms with van der Waals surface area (Å²) < 4.78 is 44.0. The van der Waals surface area contributed by atoms with Gasteiger partial charge in [0.2, 0.25) is 10.0 Å². The minimum atomic E-state index is -3.64. The first-order chi connectivity index (χ1) is 21.6. The van der Waals surface area contributed by atoms with E-state index in [0.717, 1.165) is 29.7 Å². The molecule has 3 aromatic carbocycles. The number of nitrogens with zero attached hydrogens (tertiary/aromatic N) is 2. The van der Waals surface area contributed by atoms with Gasteiger partial charge in [-0.25, -0.2) is 13.2 Å². The van der Waals surface area contributed by atoms with Gasteiger partial charge in [-0.15, -0.1) is 0 Å². The van der Waals surface area contributed by atoms with Crippen LogP contribution in [0.3, 0.4) is 0 Å². The van der Waals surface area contributed by atoms with E-state index in [0.29, 0.717) is 25.4 Å². The molecule has 3 atom stereocenters. The maximum atomic E-state index is 13.1. The fourth-order valence-electron chi connectivity index (χ4n) is 5.66. The Balaban J connectivity index is 1.22. The number of likely N-dealkylation sites (N-methyl/N-ethyl adjacent to an activating group) is 1. The van der Waals surface area contributed by atoms with Crippen molar-refractivity contribution in [2.75, 3.05) is 40.3 Å². The zero-order chi connectivity index (χ0) is 32.0. The van der Waals surface area contributed by atoms with Gasteiger partial charge in [-0.05, 0) is 72.8 Å². The Bertz CT molecular complexity index is 1560. The van der Waals surface area contributed by atoms with Crippen LogP contribution in [0.15, 0.2) is 83.8 Å². The topological polar surface area (TPSA) is 114 Å². The molecule has 0 aromatic heterocycles. The molecule has 10 nitrogen and oxygen atoms in total. The molecular weight excluding hydrogens is 594 g/mol. The summed E-state index contributed by atoms with van der Waals surface area (Å²) in [5.74, 6) is 0.536. The van der Waals surface area contributed by atoms with Gasteiger partial charge < -0.3 is 24.4 Å². The largest absolute Gasteiger partial charge is 0.489 e. The third-order valence-electron chi connectivity index (χ3n) is 8.51. The van der Waals surface area contributed by atoms with E-state index >= 15 is 0 Å². The number of rotatable bonds is 11. The van der Waals surface area contributed by atoms with Crippen LogP contribution in [0.2, 0.25) is 0 Å². The second-order valence-corrected chi connectivity index (χ2v) is 13.9. The van der Waals surface area contributed by atoms with Crippen LogP contribution in [0.25, 0.3) is 0 Å². The van der Waals surface area contributed by atoms with E-state index in [1.54, 1.807) is 24.3 Å². The minimum Gasteiger partial charge on any atom is -0.489 e. The second kappa shape index (κ2) is 14.4. The van der Waals surface area contributed by atoms with Gasteiger partial charge in [-0.2, -0.15) is 4.31 Å². The van der Waals surface area contributed by atoms with Crippen molar-refractivity contribution < 1.29 is 32.2 Å². The minimum absolute atomic E-state index is 0.0272. The number of esters is 1. The fourth-order valence-corrected chi connectivity index (χ4v) is 7.25. The van der Waals surface area contributed by atoms with Crippen molar-refractivity contribution in [3.8, 4) is 5.75 Å². The maximum absolute atomic E-state index is 13.1. The molecule has 2 fully saturated rings. The van der Waals surface area contributed by atoms with Gasteiger partial charge in [-0.1, -0.05) is 61.5 Å². The molecule has 2 aliphatic rings. The van der Waals surface area contributed by atoms with Crippen molar-refractivity contribution in [2.45, 2.75) is 43.4 Å². The molecule has 2 aliphatic heterocycles. The average Bonchev–Trinajstić information content (AvgIpc) is 3.02. The summed E-state index contributed by atoms with van der Waals surface area (Å²) in [5, 5.41) is 3.07. The van der Waals surface area contributed by atoms with Crippen LogP contribution in [-0.2, 0) is 30.9 Å². The number of nitrogens with one attached hydrogen (secondary N) is 1. The molecule has 0 bridgehead atoms. The van der Waals surface area contributed by atoms with E-state index in [-0.39, 0.29) is 41.8 Å². The molecule has 2 saturated heterocycles. The number of benzene rings is 3. The highest BCUT2D eigenvalue weighted by Gasteiger charge is 2.37. The molecule has 11 heteroatoms. The lowest BCUT2D eigenvalue weighted by molar-refractivity contribution is -0.142. The van der Waals surface area contributed by atoms with E-state index in [9.17, 15) is 18.0 Å². The van der Waals surface area contributed by atoms with Crippen molar-refractivity contribution in [3.05, 3.63) is 95.6 Å². The quantitative estimate of drug-likeness (QED) is 0.304. The van der Waals surface area contributed by atoms with Crippen LogP contribution < -0.4 is 10.1 Å². The molecule has 45 heavy (non-hydrogen) atoms. The zero-order valence-corrected chi connectivity index (χ0v) is 26.7. The van der Waals surface area contributed by atoms with Crippen LogP contribution in [-0.4, -0.2) is 76.1 Å². The van der Waals surface area contributed by atoms with E-state index in [4.69, 9.17) is 9.47 Å². The molecule has 0 spiro atoms. The second-order valence-electron chi connectivity index (χ2n) is 11.9. The molecule has 5 rings (SSSR count). The number of likely N-dealkylation sites (tertiary alicyclic amines) is 1. The molecule has 0 saturated carbocycles. The summed E-state index contributed by atoms with van der Waals surface area (Å²) >= 11 is 0. The SMILES string of the molecule is COC(=O)CC1CN(S(=O)(=O)c2ccc(COc3cccc([C@@H](NC(=O)O[C@H]4CN(C)CCC4C)c4ccccc4)c3)cc2)C1. The first-order valence-electron chi connectivity index (χ1n) is 15.2. The molecular formula is C34H41N3O7S. The molecule has 1 unspecified atom stereocenters. The first kappa shape index (κ1) is 32.5. The summed E-state index contributed by atoms with van der Waals surface area (Å²) in [6.07, 6.45) is 0.551. The molecule has 2 heterocycles. The fraction of sp³-hybridized carbons (Fsp3) is 0.412. The molecule has 0 radical (unpaired) electrons. The Hall–Kier alpha value is -3.93. The van der Waals surface area contributed by atoms with Crippen LogP contribution in [0.4, 0.5) is 4.79 Å². The van der Waals surface area contributed by atoms with Gasteiger partial charge in [0.05, 0.1) is 24.5 Å². The Labute approximate surface area is 265 Å². The van der Waals surface area contributed by atoms with Crippen LogP contribution >= 0.6 is 0 Å². The monoisotopic (exact) mass is 635 g/mol. The Morgan fingerprint density at radius 2 is 1.67 bits per heavy atom. The highest BCUT2D eigenvalue weighted by atomic mass is 32.2. The molecule has 3 aromatic rings. The van der Waals surface area contributed by atoms with E-state index in [2.05, 4.69) is 21.9 Å². The Morgan fingerprint density at radius 1 is 0.956 bits per heavy atom. The maximum Gasteiger partial charge on any atom is 0.408 e. The number of methoxy groups -OCH3 is 1. The third-order valence-corrected chi connectivity index (χ3v) is 10.4. The van der Waals surface area contributed by atoms with Crippen LogP contribution in [0.5, 0.6) is 5.75 Å². The zero-order valence-electron chi connectivity index (χ0n) is 25.9. The van der Waals surface area contributed by atoms with E-state index in [1.165, 1.54) is 11.4 Å². The van der Waals surface area contributed by atoms with Crippen molar-refractivity contribution in [3.63, 3.8) is 0 Å². The van der Waals surface area contributed by atoms with Gasteiger partial charge in [0.25, 0.3) is 0 Å². The van der Waals surface area contributed by atoms with E-state index < -0.39 is 22.2 Å². The predicted octanol–water partition coefficient (Wildman–Crippen LogP) is 4.61. The van der Waals surface area contributed by atoms with Gasteiger partial charge in [0, 0.05) is 19.6 Å².